The van der Waals surface area contributed by atoms with Crippen LogP contribution in [0.5, 0.6) is 0 Å². The third-order valence-electron chi connectivity index (χ3n) is 4.32. The van der Waals surface area contributed by atoms with E-state index in [9.17, 15) is 9.59 Å². The van der Waals surface area contributed by atoms with Crippen molar-refractivity contribution in [1.29, 1.82) is 0 Å². The SMILES string of the molecule is CC1CCc2c(sc(NC(=S)NC(=O)c3c(I)cnn3C)c2C(N)=O)C1. The van der Waals surface area contributed by atoms with Crippen molar-refractivity contribution in [3.05, 3.63) is 31.5 Å². The monoisotopic (exact) mass is 503 g/mol. The highest BCUT2D eigenvalue weighted by atomic mass is 127. The van der Waals surface area contributed by atoms with E-state index in [0.717, 1.165) is 33.3 Å². The van der Waals surface area contributed by atoms with Gasteiger partial charge in [-0.05, 0) is 65.6 Å². The van der Waals surface area contributed by atoms with Gasteiger partial charge in [0.25, 0.3) is 11.8 Å². The van der Waals surface area contributed by atoms with Gasteiger partial charge in [-0.25, -0.2) is 0 Å². The molecule has 2 aromatic rings. The van der Waals surface area contributed by atoms with Crippen LogP contribution in [-0.4, -0.2) is 26.7 Å². The first-order chi connectivity index (χ1) is 12.3. The van der Waals surface area contributed by atoms with Gasteiger partial charge in [-0.3, -0.25) is 19.6 Å². The fraction of sp³-hybridized carbons (Fsp3) is 0.375. The number of anilines is 1. The molecule has 1 aliphatic rings. The van der Waals surface area contributed by atoms with E-state index in [4.69, 9.17) is 18.0 Å². The number of carbonyl (C=O) groups excluding carboxylic acids is 2. The van der Waals surface area contributed by atoms with Crippen LogP contribution in [-0.2, 0) is 19.9 Å². The van der Waals surface area contributed by atoms with E-state index in [1.165, 1.54) is 16.0 Å². The Hall–Kier alpha value is -1.53. The molecule has 0 saturated carbocycles. The molecule has 26 heavy (non-hydrogen) atoms. The van der Waals surface area contributed by atoms with Gasteiger partial charge in [-0.2, -0.15) is 5.10 Å². The highest BCUT2D eigenvalue weighted by Gasteiger charge is 2.27. The van der Waals surface area contributed by atoms with E-state index in [-0.39, 0.29) is 11.0 Å². The first-order valence-electron chi connectivity index (χ1n) is 8.02. The second-order valence-corrected chi connectivity index (χ2v) is 8.97. The molecule has 7 nitrogen and oxygen atoms in total. The third kappa shape index (κ3) is 3.76. The molecule has 3 rings (SSSR count). The molecule has 0 bridgehead atoms. The summed E-state index contributed by atoms with van der Waals surface area (Å²) < 4.78 is 2.21. The lowest BCUT2D eigenvalue weighted by molar-refractivity contribution is 0.0966. The summed E-state index contributed by atoms with van der Waals surface area (Å²) >= 11 is 8.79. The van der Waals surface area contributed by atoms with Crippen LogP contribution in [0.3, 0.4) is 0 Å². The molecule has 0 fully saturated rings. The third-order valence-corrected chi connectivity index (χ3v) is 6.48. The number of hydrogen-bond acceptors (Lipinski definition) is 5. The summed E-state index contributed by atoms with van der Waals surface area (Å²) in [6, 6.07) is 0. The molecule has 1 unspecified atom stereocenters. The second kappa shape index (κ2) is 7.61. The van der Waals surface area contributed by atoms with Gasteiger partial charge in [0.1, 0.15) is 10.7 Å². The zero-order valence-electron chi connectivity index (χ0n) is 14.3. The predicted molar refractivity (Wildman–Crippen MR) is 114 cm³/mol. The molecule has 0 aliphatic heterocycles. The van der Waals surface area contributed by atoms with Gasteiger partial charge < -0.3 is 11.1 Å². The average molecular weight is 503 g/mol. The summed E-state index contributed by atoms with van der Waals surface area (Å²) in [6.07, 6.45) is 4.39. The van der Waals surface area contributed by atoms with Gasteiger partial charge in [0.2, 0.25) is 0 Å². The zero-order valence-corrected chi connectivity index (χ0v) is 18.0. The molecule has 1 aliphatic carbocycles. The predicted octanol–water partition coefficient (Wildman–Crippen LogP) is 2.44. The first kappa shape index (κ1) is 19.2. The van der Waals surface area contributed by atoms with Crippen molar-refractivity contribution in [2.75, 3.05) is 5.32 Å². The highest BCUT2D eigenvalue weighted by molar-refractivity contribution is 14.1. The van der Waals surface area contributed by atoms with Crippen molar-refractivity contribution < 1.29 is 9.59 Å². The van der Waals surface area contributed by atoms with E-state index in [1.54, 1.807) is 13.2 Å². The Kier molecular flexibility index (Phi) is 5.63. The molecular weight excluding hydrogens is 485 g/mol. The lowest BCUT2D eigenvalue weighted by atomic mass is 9.88. The minimum atomic E-state index is -0.477. The number of thiophene rings is 1. The van der Waals surface area contributed by atoms with Gasteiger partial charge in [0.05, 0.1) is 15.3 Å². The summed E-state index contributed by atoms with van der Waals surface area (Å²) in [5.41, 5.74) is 7.52. The molecule has 2 heterocycles. The number of thiocarbonyl (C=S) groups is 1. The second-order valence-electron chi connectivity index (χ2n) is 6.29. The molecule has 10 heteroatoms. The van der Waals surface area contributed by atoms with E-state index in [0.29, 0.717) is 22.2 Å². The maximum absolute atomic E-state index is 12.4. The van der Waals surface area contributed by atoms with Crippen LogP contribution >= 0.6 is 46.1 Å². The molecule has 4 N–H and O–H groups in total. The van der Waals surface area contributed by atoms with Crippen molar-refractivity contribution in [1.82, 2.24) is 15.1 Å². The Bertz CT molecular complexity index is 885. The standard InChI is InChI=1S/C16H18IN5O2S2/c1-7-3-4-8-10(5-7)26-15(11(8)13(18)23)21-16(25)20-14(24)12-9(17)6-19-22(12)2/h6-7H,3-5H2,1-2H3,(H2,18,23)(H2,20,21,24,25). The van der Waals surface area contributed by atoms with Crippen LogP contribution < -0.4 is 16.4 Å². The summed E-state index contributed by atoms with van der Waals surface area (Å²) in [7, 11) is 1.69. The molecular formula is C16H18IN5O2S2. The van der Waals surface area contributed by atoms with Crippen LogP contribution in [0.4, 0.5) is 5.00 Å². The van der Waals surface area contributed by atoms with Crippen LogP contribution in [0.2, 0.25) is 0 Å². The number of halogens is 1. The number of aromatic nitrogens is 2. The Morgan fingerprint density at radius 3 is 2.85 bits per heavy atom. The van der Waals surface area contributed by atoms with Crippen molar-refractivity contribution in [2.45, 2.75) is 26.2 Å². The van der Waals surface area contributed by atoms with Gasteiger partial charge >= 0.3 is 0 Å². The maximum atomic E-state index is 12.4. The molecule has 0 spiro atoms. The lowest BCUT2D eigenvalue weighted by Crippen LogP contribution is -2.35. The van der Waals surface area contributed by atoms with E-state index < -0.39 is 5.91 Å². The molecule has 1 atom stereocenters. The van der Waals surface area contributed by atoms with Gasteiger partial charge in [0.15, 0.2) is 5.11 Å². The van der Waals surface area contributed by atoms with E-state index in [2.05, 4.69) is 22.7 Å². The number of primary amides is 1. The minimum Gasteiger partial charge on any atom is -0.365 e. The van der Waals surface area contributed by atoms with Crippen molar-refractivity contribution in [2.24, 2.45) is 18.7 Å². The van der Waals surface area contributed by atoms with Crippen molar-refractivity contribution in [3.63, 3.8) is 0 Å². The number of nitrogens with one attached hydrogen (secondary N) is 2. The summed E-state index contributed by atoms with van der Waals surface area (Å²) in [5.74, 6) is -0.259. The molecule has 2 aromatic heterocycles. The largest absolute Gasteiger partial charge is 0.365 e. The summed E-state index contributed by atoms with van der Waals surface area (Å²) in [5, 5.41) is 10.4. The summed E-state index contributed by atoms with van der Waals surface area (Å²) in [4.78, 5) is 25.5. The lowest BCUT2D eigenvalue weighted by Gasteiger charge is -2.18. The number of hydrogen-bond donors (Lipinski definition) is 3. The number of nitrogens with two attached hydrogens (primary N) is 1. The van der Waals surface area contributed by atoms with Gasteiger partial charge in [0, 0.05) is 11.9 Å². The Balaban J connectivity index is 1.79. The van der Waals surface area contributed by atoms with E-state index in [1.807, 2.05) is 22.6 Å². The Morgan fingerprint density at radius 1 is 1.50 bits per heavy atom. The molecule has 0 radical (unpaired) electrons. The molecule has 0 aromatic carbocycles. The number of aryl methyl sites for hydroxylation is 1. The number of nitrogens with zero attached hydrogens (tertiary/aromatic N) is 2. The Morgan fingerprint density at radius 2 is 2.23 bits per heavy atom. The molecule has 138 valence electrons. The van der Waals surface area contributed by atoms with E-state index >= 15 is 0 Å². The fourth-order valence-corrected chi connectivity index (χ4v) is 5.46. The molecule has 2 amide bonds. The van der Waals surface area contributed by atoms with Crippen molar-refractivity contribution >= 4 is 68.1 Å². The number of fused-ring (bicyclic) bond motifs is 1. The maximum Gasteiger partial charge on any atom is 0.276 e. The fourth-order valence-electron chi connectivity index (χ4n) is 3.06. The minimum absolute atomic E-state index is 0.126. The van der Waals surface area contributed by atoms with Gasteiger partial charge in [-0.1, -0.05) is 6.92 Å². The average Bonchev–Trinajstić information content (AvgIpc) is 3.06. The number of rotatable bonds is 3. The summed E-state index contributed by atoms with van der Waals surface area (Å²) in [6.45, 7) is 2.19. The van der Waals surface area contributed by atoms with Crippen LogP contribution in [0.1, 0.15) is 44.6 Å². The number of carbonyl (C=O) groups is 2. The smallest absolute Gasteiger partial charge is 0.276 e. The number of amides is 2. The Labute approximate surface area is 173 Å². The van der Waals surface area contributed by atoms with Crippen LogP contribution in [0.25, 0.3) is 0 Å². The zero-order chi connectivity index (χ0) is 19.0. The van der Waals surface area contributed by atoms with Crippen LogP contribution in [0.15, 0.2) is 6.20 Å². The highest BCUT2D eigenvalue weighted by Crippen LogP contribution is 2.39. The van der Waals surface area contributed by atoms with Crippen LogP contribution in [0, 0.1) is 9.49 Å². The van der Waals surface area contributed by atoms with Crippen molar-refractivity contribution in [3.8, 4) is 0 Å². The van der Waals surface area contributed by atoms with Gasteiger partial charge in [-0.15, -0.1) is 11.3 Å². The first-order valence-corrected chi connectivity index (χ1v) is 10.3. The topological polar surface area (TPSA) is 102 Å². The quantitative estimate of drug-likeness (QED) is 0.441. The molecule has 0 saturated heterocycles. The normalized spacial score (nSPS) is 16.0.